The highest BCUT2D eigenvalue weighted by Gasteiger charge is 2.12. The molecule has 0 fully saturated rings. The number of ether oxygens (including phenoxy) is 2. The van der Waals surface area contributed by atoms with Gasteiger partial charge in [0.1, 0.15) is 19.3 Å². The Morgan fingerprint density at radius 1 is 0.465 bits per heavy atom. The second-order valence-corrected chi connectivity index (χ2v) is 13.5. The van der Waals surface area contributed by atoms with Gasteiger partial charge >= 0.3 is 11.9 Å². The number of unbranched alkanes of at least 4 members (excludes halogenated alkanes) is 24. The van der Waals surface area contributed by atoms with Crippen LogP contribution in [0.5, 0.6) is 0 Å². The number of esters is 2. The maximum absolute atomic E-state index is 11.9. The predicted molar refractivity (Wildman–Crippen MR) is 182 cm³/mol. The highest BCUT2D eigenvalue weighted by atomic mass is 16.6. The van der Waals surface area contributed by atoms with Gasteiger partial charge in [-0.25, -0.2) is 0 Å². The van der Waals surface area contributed by atoms with Crippen molar-refractivity contribution in [2.75, 3.05) is 13.2 Å². The second kappa shape index (κ2) is 33.8. The molecule has 0 bridgehead atoms. The topological polar surface area (TPSA) is 72.8 Å². The number of rotatable bonds is 34. The predicted octanol–water partition coefficient (Wildman–Crippen LogP) is 11.4. The van der Waals surface area contributed by atoms with Crippen LogP contribution in [0.4, 0.5) is 0 Å². The Labute approximate surface area is 268 Å². The van der Waals surface area contributed by atoms with E-state index in [0.29, 0.717) is 12.8 Å². The average Bonchev–Trinajstić information content (AvgIpc) is 2.99. The molecule has 1 atom stereocenters. The van der Waals surface area contributed by atoms with Crippen molar-refractivity contribution in [1.82, 2.24) is 0 Å². The molecule has 0 saturated heterocycles. The summed E-state index contributed by atoms with van der Waals surface area (Å²) in [5, 5.41) is 9.99. The normalized spacial score (nSPS) is 12.1. The molecule has 0 amide bonds. The van der Waals surface area contributed by atoms with Gasteiger partial charge in [-0.15, -0.1) is 0 Å². The average molecular weight is 611 g/mol. The van der Waals surface area contributed by atoms with Gasteiger partial charge in [0.25, 0.3) is 0 Å². The third-order valence-corrected chi connectivity index (χ3v) is 8.52. The first kappa shape index (κ1) is 41.9. The summed E-state index contributed by atoms with van der Waals surface area (Å²) >= 11 is 0. The maximum atomic E-state index is 11.9. The molecule has 0 heterocycles. The first-order valence-corrected chi connectivity index (χ1v) is 18.9. The van der Waals surface area contributed by atoms with Crippen LogP contribution >= 0.6 is 0 Å². The van der Waals surface area contributed by atoms with Crippen LogP contribution in [0.1, 0.15) is 207 Å². The summed E-state index contributed by atoms with van der Waals surface area (Å²) < 4.78 is 10.3. The maximum Gasteiger partial charge on any atom is 0.305 e. The van der Waals surface area contributed by atoms with Crippen LogP contribution in [0.25, 0.3) is 0 Å². The van der Waals surface area contributed by atoms with Gasteiger partial charge in [-0.1, -0.05) is 181 Å². The summed E-state index contributed by atoms with van der Waals surface area (Å²) in [5.74, 6) is 0.275. The van der Waals surface area contributed by atoms with E-state index in [0.717, 1.165) is 31.6 Å². The van der Waals surface area contributed by atoms with Crippen LogP contribution in [0.2, 0.25) is 0 Å². The molecule has 0 aliphatic heterocycles. The highest BCUT2D eigenvalue weighted by Crippen LogP contribution is 2.15. The zero-order chi connectivity index (χ0) is 31.6. The van der Waals surface area contributed by atoms with Crippen molar-refractivity contribution in [3.63, 3.8) is 0 Å². The van der Waals surface area contributed by atoms with E-state index < -0.39 is 6.10 Å². The smallest absolute Gasteiger partial charge is 0.305 e. The lowest BCUT2D eigenvalue weighted by Crippen LogP contribution is -2.25. The van der Waals surface area contributed by atoms with Gasteiger partial charge in [0.15, 0.2) is 0 Å². The quantitative estimate of drug-likeness (QED) is 0.0579. The summed E-state index contributed by atoms with van der Waals surface area (Å²) in [6, 6.07) is 0. The van der Waals surface area contributed by atoms with E-state index in [2.05, 4.69) is 20.8 Å². The largest absolute Gasteiger partial charge is 0.463 e. The fourth-order valence-corrected chi connectivity index (χ4v) is 5.62. The van der Waals surface area contributed by atoms with Crippen LogP contribution < -0.4 is 0 Å². The minimum absolute atomic E-state index is 0.108. The summed E-state index contributed by atoms with van der Waals surface area (Å²) in [6.45, 7) is 6.65. The zero-order valence-corrected chi connectivity index (χ0v) is 29.2. The van der Waals surface area contributed by atoms with E-state index in [9.17, 15) is 14.7 Å². The van der Waals surface area contributed by atoms with Crippen molar-refractivity contribution in [1.29, 1.82) is 0 Å². The molecular weight excluding hydrogens is 536 g/mol. The molecule has 0 spiro atoms. The van der Waals surface area contributed by atoms with Crippen molar-refractivity contribution >= 4 is 11.9 Å². The van der Waals surface area contributed by atoms with Crippen molar-refractivity contribution in [3.05, 3.63) is 0 Å². The molecule has 5 nitrogen and oxygen atoms in total. The highest BCUT2D eigenvalue weighted by molar-refractivity contribution is 5.69. The Morgan fingerprint density at radius 3 is 1.05 bits per heavy atom. The minimum atomic E-state index is -0.955. The van der Waals surface area contributed by atoms with Gasteiger partial charge in [-0.05, 0) is 18.8 Å². The summed E-state index contributed by atoms with van der Waals surface area (Å²) in [4.78, 5) is 23.9. The Balaban J connectivity index is 3.38. The Bertz CT molecular complexity index is 591. The summed E-state index contributed by atoms with van der Waals surface area (Å²) in [6.07, 6.45) is 34.4. The van der Waals surface area contributed by atoms with Gasteiger partial charge in [-0.3, -0.25) is 9.59 Å². The van der Waals surface area contributed by atoms with Crippen molar-refractivity contribution in [3.8, 4) is 0 Å². The number of aliphatic hydroxyl groups excluding tert-OH is 1. The van der Waals surface area contributed by atoms with Crippen molar-refractivity contribution < 1.29 is 24.2 Å². The summed E-state index contributed by atoms with van der Waals surface area (Å²) in [7, 11) is 0. The van der Waals surface area contributed by atoms with Gasteiger partial charge in [-0.2, -0.15) is 0 Å². The molecular formula is C38H74O5. The Kier molecular flexibility index (Phi) is 32.9. The van der Waals surface area contributed by atoms with E-state index >= 15 is 0 Å². The first-order valence-electron chi connectivity index (χ1n) is 18.9. The van der Waals surface area contributed by atoms with Crippen LogP contribution in [0.3, 0.4) is 0 Å². The molecule has 43 heavy (non-hydrogen) atoms. The lowest BCUT2D eigenvalue weighted by molar-refractivity contribution is -0.152. The van der Waals surface area contributed by atoms with Gasteiger partial charge in [0.05, 0.1) is 0 Å². The standard InChI is InChI=1S/C38H74O5/c1-4-5-6-7-8-9-10-11-12-13-14-15-19-22-25-28-31-37(40)42-33-36(39)34-43-38(41)32-29-26-23-20-17-16-18-21-24-27-30-35(2)3/h35-36,39H,4-34H2,1-3H3/t36-/m1/s1. The van der Waals surface area contributed by atoms with Gasteiger partial charge in [0, 0.05) is 12.8 Å². The molecule has 0 rings (SSSR count). The van der Waals surface area contributed by atoms with E-state index in [-0.39, 0.29) is 25.2 Å². The van der Waals surface area contributed by atoms with Crippen LogP contribution in [0.15, 0.2) is 0 Å². The fraction of sp³-hybridized carbons (Fsp3) is 0.947. The molecule has 256 valence electrons. The second-order valence-electron chi connectivity index (χ2n) is 13.5. The fourth-order valence-electron chi connectivity index (χ4n) is 5.62. The Morgan fingerprint density at radius 2 is 0.744 bits per heavy atom. The zero-order valence-electron chi connectivity index (χ0n) is 29.2. The lowest BCUT2D eigenvalue weighted by atomic mass is 10.0. The van der Waals surface area contributed by atoms with Crippen molar-refractivity contribution in [2.45, 2.75) is 213 Å². The van der Waals surface area contributed by atoms with Crippen LogP contribution in [-0.4, -0.2) is 36.4 Å². The summed E-state index contributed by atoms with van der Waals surface area (Å²) in [5.41, 5.74) is 0. The molecule has 0 aromatic heterocycles. The molecule has 0 saturated carbocycles. The Hall–Kier alpha value is -1.10. The minimum Gasteiger partial charge on any atom is -0.463 e. The number of hydrogen-bond donors (Lipinski definition) is 1. The number of carbonyl (C=O) groups is 2. The third-order valence-electron chi connectivity index (χ3n) is 8.52. The van der Waals surface area contributed by atoms with E-state index in [4.69, 9.17) is 9.47 Å². The monoisotopic (exact) mass is 611 g/mol. The molecule has 0 aliphatic carbocycles. The number of hydrogen-bond acceptors (Lipinski definition) is 5. The number of carbonyl (C=O) groups excluding carboxylic acids is 2. The molecule has 5 heteroatoms. The van der Waals surface area contributed by atoms with E-state index in [1.165, 1.54) is 148 Å². The van der Waals surface area contributed by atoms with E-state index in [1.54, 1.807) is 0 Å². The molecule has 0 aromatic rings. The molecule has 0 aromatic carbocycles. The SMILES string of the molecule is CCCCCCCCCCCCCCCCCCC(=O)OC[C@@H](O)COC(=O)CCCCCCCCCCCCC(C)C. The molecule has 1 N–H and O–H groups in total. The van der Waals surface area contributed by atoms with Crippen LogP contribution in [-0.2, 0) is 19.1 Å². The van der Waals surface area contributed by atoms with Gasteiger partial charge in [0.2, 0.25) is 0 Å². The van der Waals surface area contributed by atoms with Crippen LogP contribution in [0, 0.1) is 5.92 Å². The molecule has 0 radical (unpaired) electrons. The molecule has 0 aliphatic rings. The third kappa shape index (κ3) is 35.3. The molecule has 0 unspecified atom stereocenters. The number of aliphatic hydroxyl groups is 1. The van der Waals surface area contributed by atoms with E-state index in [1.807, 2.05) is 0 Å². The van der Waals surface area contributed by atoms with Crippen molar-refractivity contribution in [2.24, 2.45) is 5.92 Å². The van der Waals surface area contributed by atoms with Gasteiger partial charge < -0.3 is 14.6 Å². The lowest BCUT2D eigenvalue weighted by Gasteiger charge is -2.12. The first-order chi connectivity index (χ1) is 21.0.